The normalized spacial score (nSPS) is 17.3. The predicted octanol–water partition coefficient (Wildman–Crippen LogP) is 3.75. The molecule has 1 saturated heterocycles. The number of carbonyl (C=O) groups excluding carboxylic acids is 2. The van der Waals surface area contributed by atoms with Crippen LogP contribution in [-0.2, 0) is 4.79 Å². The molecule has 1 aromatic heterocycles. The number of nitrogens with zero attached hydrogens (tertiary/aromatic N) is 1. The van der Waals surface area contributed by atoms with Gasteiger partial charge in [0.05, 0.1) is 18.5 Å². The molecular formula is C23H32N4O2S. The lowest BCUT2D eigenvalue weighted by Crippen LogP contribution is -2.42. The zero-order chi connectivity index (χ0) is 21.5. The molecule has 1 aromatic carbocycles. The highest BCUT2D eigenvalue weighted by Gasteiger charge is 2.26. The first-order valence-corrected chi connectivity index (χ1v) is 11.5. The van der Waals surface area contributed by atoms with Gasteiger partial charge in [-0.1, -0.05) is 37.3 Å². The average molecular weight is 429 g/mol. The third kappa shape index (κ3) is 6.06. The van der Waals surface area contributed by atoms with Gasteiger partial charge in [-0.3, -0.25) is 9.69 Å². The van der Waals surface area contributed by atoms with Gasteiger partial charge in [-0.2, -0.15) is 0 Å². The number of rotatable bonds is 8. The summed E-state index contributed by atoms with van der Waals surface area (Å²) in [6.07, 6.45) is 2.53. The fraction of sp³-hybridized carbons (Fsp3) is 0.478. The van der Waals surface area contributed by atoms with E-state index in [4.69, 9.17) is 5.73 Å². The van der Waals surface area contributed by atoms with Gasteiger partial charge in [0.15, 0.2) is 0 Å². The first kappa shape index (κ1) is 22.3. The van der Waals surface area contributed by atoms with Crippen LogP contribution in [0, 0.1) is 12.8 Å². The number of aryl methyl sites for hydroxylation is 1. The predicted molar refractivity (Wildman–Crippen MR) is 121 cm³/mol. The summed E-state index contributed by atoms with van der Waals surface area (Å²) in [5, 5.41) is 7.91. The fourth-order valence-corrected chi connectivity index (χ4v) is 4.95. The maximum atomic E-state index is 12.8. The van der Waals surface area contributed by atoms with E-state index < -0.39 is 12.1 Å². The van der Waals surface area contributed by atoms with E-state index in [1.165, 1.54) is 17.7 Å². The number of likely N-dealkylation sites (tertiary alicyclic amines) is 1. The monoisotopic (exact) mass is 428 g/mol. The van der Waals surface area contributed by atoms with Gasteiger partial charge in [0.25, 0.3) is 0 Å². The smallest absolute Gasteiger partial charge is 0.312 e. The van der Waals surface area contributed by atoms with Gasteiger partial charge >= 0.3 is 6.03 Å². The third-order valence-corrected chi connectivity index (χ3v) is 6.87. The maximum Gasteiger partial charge on any atom is 0.312 e. The Morgan fingerprint density at radius 1 is 1.20 bits per heavy atom. The second kappa shape index (κ2) is 10.6. The molecule has 6 nitrogen and oxygen atoms in total. The SMILES string of the molecule is Cc1ccccc1[C@@H](CC(=O)NC[C@@H](c1cccs1)N1CCC(C)CC1)NC(N)=O. The van der Waals surface area contributed by atoms with Crippen LogP contribution in [-0.4, -0.2) is 36.5 Å². The number of piperidine rings is 1. The number of nitrogens with one attached hydrogen (secondary N) is 2. The standard InChI is InChI=1S/C23H32N4O2S/c1-16-9-11-27(12-10-16)20(21-8-5-13-30-21)15-25-22(28)14-19(26-23(24)29)18-7-4-3-6-17(18)2/h3-8,13,16,19-20H,9-12,14-15H2,1-2H3,(H,25,28)(H3,24,26,29)/t19-,20+/m1/s1. The van der Waals surface area contributed by atoms with Crippen LogP contribution in [0.25, 0.3) is 0 Å². The number of carbonyl (C=O) groups is 2. The summed E-state index contributed by atoms with van der Waals surface area (Å²) in [5.41, 5.74) is 7.29. The Labute approximate surface area is 182 Å². The minimum atomic E-state index is -0.630. The van der Waals surface area contributed by atoms with Crippen LogP contribution >= 0.6 is 11.3 Å². The van der Waals surface area contributed by atoms with E-state index in [9.17, 15) is 9.59 Å². The summed E-state index contributed by atoms with van der Waals surface area (Å²) in [4.78, 5) is 28.1. The number of thiophene rings is 1. The average Bonchev–Trinajstić information content (AvgIpc) is 3.23. The highest BCUT2D eigenvalue weighted by atomic mass is 32.1. The Morgan fingerprint density at radius 2 is 1.93 bits per heavy atom. The lowest BCUT2D eigenvalue weighted by atomic mass is 9.97. The van der Waals surface area contributed by atoms with Crippen LogP contribution in [0.3, 0.4) is 0 Å². The van der Waals surface area contributed by atoms with Crippen molar-refractivity contribution in [2.75, 3.05) is 19.6 Å². The molecule has 0 spiro atoms. The highest BCUT2D eigenvalue weighted by molar-refractivity contribution is 7.10. The van der Waals surface area contributed by atoms with E-state index in [0.717, 1.165) is 30.1 Å². The molecule has 0 radical (unpaired) electrons. The van der Waals surface area contributed by atoms with Gasteiger partial charge in [0.2, 0.25) is 5.91 Å². The molecule has 1 fully saturated rings. The first-order valence-electron chi connectivity index (χ1n) is 10.6. The van der Waals surface area contributed by atoms with Crippen molar-refractivity contribution in [3.8, 4) is 0 Å². The molecule has 162 valence electrons. The number of hydrogen-bond donors (Lipinski definition) is 3. The lowest BCUT2D eigenvalue weighted by molar-refractivity contribution is -0.121. The molecule has 2 aromatic rings. The summed E-state index contributed by atoms with van der Waals surface area (Å²) >= 11 is 1.73. The summed E-state index contributed by atoms with van der Waals surface area (Å²) in [7, 11) is 0. The van der Waals surface area contributed by atoms with Crippen molar-refractivity contribution in [2.45, 2.75) is 45.2 Å². The quantitative estimate of drug-likeness (QED) is 0.598. The number of amides is 3. The highest BCUT2D eigenvalue weighted by Crippen LogP contribution is 2.29. The lowest BCUT2D eigenvalue weighted by Gasteiger charge is -2.36. The van der Waals surface area contributed by atoms with Gasteiger partial charge < -0.3 is 16.4 Å². The summed E-state index contributed by atoms with van der Waals surface area (Å²) in [5.74, 6) is 0.665. The Hall–Kier alpha value is -2.38. The van der Waals surface area contributed by atoms with E-state index in [1.807, 2.05) is 31.2 Å². The molecule has 3 rings (SSSR count). The van der Waals surface area contributed by atoms with Crippen molar-refractivity contribution >= 4 is 23.3 Å². The topological polar surface area (TPSA) is 87.5 Å². The van der Waals surface area contributed by atoms with Crippen LogP contribution < -0.4 is 16.4 Å². The minimum Gasteiger partial charge on any atom is -0.354 e. The number of hydrogen-bond acceptors (Lipinski definition) is 4. The molecule has 1 aliphatic heterocycles. The van der Waals surface area contributed by atoms with E-state index in [1.54, 1.807) is 11.3 Å². The molecular weight excluding hydrogens is 396 g/mol. The van der Waals surface area contributed by atoms with Crippen molar-refractivity contribution in [3.05, 3.63) is 57.8 Å². The second-order valence-corrected chi connectivity index (χ2v) is 9.15. The van der Waals surface area contributed by atoms with Crippen LogP contribution in [0.5, 0.6) is 0 Å². The second-order valence-electron chi connectivity index (χ2n) is 8.18. The maximum absolute atomic E-state index is 12.8. The Kier molecular flexibility index (Phi) is 7.87. The molecule has 0 aliphatic carbocycles. The largest absolute Gasteiger partial charge is 0.354 e. The molecule has 30 heavy (non-hydrogen) atoms. The molecule has 0 bridgehead atoms. The number of nitrogens with two attached hydrogens (primary N) is 1. The van der Waals surface area contributed by atoms with Crippen molar-refractivity contribution < 1.29 is 9.59 Å². The summed E-state index contributed by atoms with van der Waals surface area (Å²) in [6, 6.07) is 11.0. The van der Waals surface area contributed by atoms with E-state index >= 15 is 0 Å². The molecule has 4 N–H and O–H groups in total. The van der Waals surface area contributed by atoms with Crippen LogP contribution in [0.1, 0.15) is 54.3 Å². The van der Waals surface area contributed by atoms with E-state index in [0.29, 0.717) is 6.54 Å². The minimum absolute atomic E-state index is 0.0936. The van der Waals surface area contributed by atoms with Gasteiger partial charge in [-0.25, -0.2) is 4.79 Å². The Morgan fingerprint density at radius 3 is 2.57 bits per heavy atom. The van der Waals surface area contributed by atoms with Crippen LogP contribution in [0.4, 0.5) is 4.79 Å². The van der Waals surface area contributed by atoms with Gasteiger partial charge in [0, 0.05) is 11.4 Å². The Balaban J connectivity index is 1.65. The van der Waals surface area contributed by atoms with Gasteiger partial charge in [-0.15, -0.1) is 11.3 Å². The van der Waals surface area contributed by atoms with Crippen molar-refractivity contribution in [3.63, 3.8) is 0 Å². The molecule has 2 heterocycles. The van der Waals surface area contributed by atoms with Crippen molar-refractivity contribution in [1.82, 2.24) is 15.5 Å². The zero-order valence-corrected chi connectivity index (χ0v) is 18.6. The van der Waals surface area contributed by atoms with Gasteiger partial charge in [0.1, 0.15) is 0 Å². The van der Waals surface area contributed by atoms with E-state index in [-0.39, 0.29) is 18.4 Å². The van der Waals surface area contributed by atoms with Gasteiger partial charge in [-0.05, 0) is 61.3 Å². The van der Waals surface area contributed by atoms with Crippen LogP contribution in [0.2, 0.25) is 0 Å². The van der Waals surface area contributed by atoms with E-state index in [2.05, 4.69) is 40.0 Å². The summed E-state index contributed by atoms with van der Waals surface area (Å²) < 4.78 is 0. The van der Waals surface area contributed by atoms with Crippen LogP contribution in [0.15, 0.2) is 41.8 Å². The zero-order valence-electron chi connectivity index (χ0n) is 17.8. The Bertz CT molecular complexity index is 831. The molecule has 0 unspecified atom stereocenters. The third-order valence-electron chi connectivity index (χ3n) is 5.89. The van der Waals surface area contributed by atoms with Crippen molar-refractivity contribution in [2.24, 2.45) is 11.7 Å². The molecule has 2 atom stereocenters. The number of primary amides is 1. The fourth-order valence-electron chi connectivity index (χ4n) is 4.09. The van der Waals surface area contributed by atoms with Crippen molar-refractivity contribution in [1.29, 1.82) is 0 Å². The molecule has 0 saturated carbocycles. The number of urea groups is 1. The molecule has 3 amide bonds. The summed E-state index contributed by atoms with van der Waals surface area (Å²) in [6.45, 7) is 6.93. The molecule has 1 aliphatic rings. The molecule has 7 heteroatoms. The number of benzene rings is 1. The first-order chi connectivity index (χ1) is 14.4.